The molecule has 1 aromatic heterocycles. The first kappa shape index (κ1) is 18.2. The second-order valence-electron chi connectivity index (χ2n) is 7.87. The highest BCUT2D eigenvalue weighted by Gasteiger charge is 2.22. The van der Waals surface area contributed by atoms with Crippen molar-refractivity contribution in [1.82, 2.24) is 19.8 Å². The molecule has 0 spiro atoms. The molecule has 6 nitrogen and oxygen atoms in total. The predicted molar refractivity (Wildman–Crippen MR) is 108 cm³/mol. The average Bonchev–Trinajstić information content (AvgIpc) is 2.87. The molecule has 0 aliphatic carbocycles. The van der Waals surface area contributed by atoms with Crippen LogP contribution in [0, 0.1) is 6.92 Å². The Bertz CT molecular complexity index is 837. The number of nitrogens with zero attached hydrogens (tertiary/aromatic N) is 4. The first-order chi connectivity index (χ1) is 13.1. The van der Waals surface area contributed by atoms with E-state index >= 15 is 0 Å². The van der Waals surface area contributed by atoms with Crippen LogP contribution in [0.15, 0.2) is 29.1 Å². The summed E-state index contributed by atoms with van der Waals surface area (Å²) in [6.07, 6.45) is 1.61. The summed E-state index contributed by atoms with van der Waals surface area (Å²) in [6, 6.07) is 8.72. The van der Waals surface area contributed by atoms with Gasteiger partial charge in [-0.05, 0) is 26.0 Å². The Balaban J connectivity index is 1.48. The quantitative estimate of drug-likeness (QED) is 0.890. The Morgan fingerprint density at radius 3 is 2.44 bits per heavy atom. The van der Waals surface area contributed by atoms with Crippen LogP contribution in [-0.4, -0.2) is 66.1 Å². The summed E-state index contributed by atoms with van der Waals surface area (Å²) in [5.41, 5.74) is 4.52. The van der Waals surface area contributed by atoms with Crippen LogP contribution in [0.1, 0.15) is 22.4 Å². The van der Waals surface area contributed by atoms with E-state index in [-0.39, 0.29) is 5.56 Å². The minimum absolute atomic E-state index is 0.0473. The summed E-state index contributed by atoms with van der Waals surface area (Å²) in [5, 5.41) is 0. The van der Waals surface area contributed by atoms with Gasteiger partial charge in [0.1, 0.15) is 0 Å². The fraction of sp³-hybridized carbons (Fsp3) is 0.524. The third-order valence-electron chi connectivity index (χ3n) is 5.76. The number of benzene rings is 1. The van der Waals surface area contributed by atoms with Gasteiger partial charge < -0.3 is 9.80 Å². The van der Waals surface area contributed by atoms with E-state index in [1.807, 2.05) is 0 Å². The summed E-state index contributed by atoms with van der Waals surface area (Å²) in [7, 11) is 2.13. The van der Waals surface area contributed by atoms with Crippen molar-refractivity contribution >= 4 is 5.95 Å². The van der Waals surface area contributed by atoms with Crippen molar-refractivity contribution in [1.29, 1.82) is 0 Å². The summed E-state index contributed by atoms with van der Waals surface area (Å²) < 4.78 is 0. The maximum Gasteiger partial charge on any atom is 0.255 e. The summed E-state index contributed by atoms with van der Waals surface area (Å²) in [5.74, 6) is 0.749. The Labute approximate surface area is 160 Å². The topological polar surface area (TPSA) is 55.5 Å². The van der Waals surface area contributed by atoms with Gasteiger partial charge in [-0.25, -0.2) is 4.98 Å². The number of nitrogens with one attached hydrogen (secondary N) is 1. The zero-order chi connectivity index (χ0) is 18.8. The smallest absolute Gasteiger partial charge is 0.255 e. The van der Waals surface area contributed by atoms with E-state index in [0.29, 0.717) is 0 Å². The molecule has 2 aliphatic heterocycles. The lowest BCUT2D eigenvalue weighted by Crippen LogP contribution is -2.45. The van der Waals surface area contributed by atoms with Crippen molar-refractivity contribution in [2.24, 2.45) is 0 Å². The van der Waals surface area contributed by atoms with Gasteiger partial charge in [-0.3, -0.25) is 14.7 Å². The van der Waals surface area contributed by atoms with Crippen LogP contribution < -0.4 is 10.5 Å². The van der Waals surface area contributed by atoms with E-state index in [1.165, 1.54) is 11.1 Å². The van der Waals surface area contributed by atoms with Crippen molar-refractivity contribution in [3.63, 3.8) is 0 Å². The second-order valence-corrected chi connectivity index (χ2v) is 7.87. The molecule has 2 aromatic rings. The standard InChI is InChI=1S/C21H29N5O/c1-16-3-5-17(6-4-16)15-25-9-7-18-19(8-10-25)22-21(23-20(18)27)26-13-11-24(2)12-14-26/h3-6H,7-15H2,1-2H3,(H,22,23,27). The fourth-order valence-electron chi connectivity index (χ4n) is 3.92. The number of hydrogen-bond acceptors (Lipinski definition) is 5. The van der Waals surface area contributed by atoms with E-state index in [2.05, 4.69) is 57.9 Å². The number of piperazine rings is 1. The van der Waals surface area contributed by atoms with Gasteiger partial charge >= 0.3 is 0 Å². The molecular formula is C21H29N5O. The third kappa shape index (κ3) is 4.22. The SMILES string of the molecule is Cc1ccc(CN2CCc3nc(N4CCN(C)CC4)[nH]c(=O)c3CC2)cc1. The van der Waals surface area contributed by atoms with Crippen LogP contribution >= 0.6 is 0 Å². The number of H-pyrrole nitrogens is 1. The number of aromatic nitrogens is 2. The molecule has 27 heavy (non-hydrogen) atoms. The average molecular weight is 367 g/mol. The molecule has 1 aromatic carbocycles. The summed E-state index contributed by atoms with van der Waals surface area (Å²) in [6.45, 7) is 8.73. The number of likely N-dealkylation sites (N-methyl/N-ethyl adjacent to an activating group) is 1. The molecule has 1 fully saturated rings. The monoisotopic (exact) mass is 367 g/mol. The number of fused-ring (bicyclic) bond motifs is 1. The van der Waals surface area contributed by atoms with Crippen LogP contribution in [0.25, 0.3) is 0 Å². The molecule has 0 radical (unpaired) electrons. The van der Waals surface area contributed by atoms with Crippen molar-refractivity contribution in [2.45, 2.75) is 26.3 Å². The molecule has 1 N–H and O–H groups in total. The van der Waals surface area contributed by atoms with Gasteiger partial charge in [0.2, 0.25) is 5.95 Å². The molecule has 6 heteroatoms. The van der Waals surface area contributed by atoms with E-state index in [4.69, 9.17) is 4.98 Å². The lowest BCUT2D eigenvalue weighted by atomic mass is 10.1. The van der Waals surface area contributed by atoms with Crippen molar-refractivity contribution in [3.8, 4) is 0 Å². The minimum atomic E-state index is 0.0473. The molecule has 144 valence electrons. The van der Waals surface area contributed by atoms with Gasteiger partial charge in [-0.2, -0.15) is 0 Å². The van der Waals surface area contributed by atoms with Crippen LogP contribution in [-0.2, 0) is 19.4 Å². The molecule has 4 rings (SSSR count). The van der Waals surface area contributed by atoms with Crippen molar-refractivity contribution in [2.75, 3.05) is 51.2 Å². The van der Waals surface area contributed by atoms with E-state index in [9.17, 15) is 4.79 Å². The van der Waals surface area contributed by atoms with Crippen LogP contribution in [0.3, 0.4) is 0 Å². The normalized spacial score (nSPS) is 19.0. The largest absolute Gasteiger partial charge is 0.340 e. The van der Waals surface area contributed by atoms with Crippen molar-refractivity contribution < 1.29 is 0 Å². The van der Waals surface area contributed by atoms with Crippen LogP contribution in [0.2, 0.25) is 0 Å². The fourth-order valence-corrected chi connectivity index (χ4v) is 3.92. The summed E-state index contributed by atoms with van der Waals surface area (Å²) >= 11 is 0. The van der Waals surface area contributed by atoms with Gasteiger partial charge in [0.05, 0.1) is 5.69 Å². The van der Waals surface area contributed by atoms with E-state index in [0.717, 1.165) is 75.9 Å². The maximum atomic E-state index is 12.7. The number of anilines is 1. The second kappa shape index (κ2) is 7.82. The van der Waals surface area contributed by atoms with Gasteiger partial charge in [0.15, 0.2) is 0 Å². The highest BCUT2D eigenvalue weighted by Crippen LogP contribution is 2.17. The lowest BCUT2D eigenvalue weighted by Gasteiger charge is -2.32. The molecule has 3 heterocycles. The van der Waals surface area contributed by atoms with Crippen LogP contribution in [0.5, 0.6) is 0 Å². The van der Waals surface area contributed by atoms with Gasteiger partial charge in [-0.1, -0.05) is 29.8 Å². The first-order valence-corrected chi connectivity index (χ1v) is 9.92. The number of rotatable bonds is 3. The Morgan fingerprint density at radius 2 is 1.70 bits per heavy atom. The van der Waals surface area contributed by atoms with Gasteiger partial charge in [0, 0.05) is 57.8 Å². The molecular weight excluding hydrogens is 338 g/mol. The van der Waals surface area contributed by atoms with Gasteiger partial charge in [-0.15, -0.1) is 0 Å². The van der Waals surface area contributed by atoms with Gasteiger partial charge in [0.25, 0.3) is 5.56 Å². The Kier molecular flexibility index (Phi) is 5.27. The van der Waals surface area contributed by atoms with Crippen molar-refractivity contribution in [3.05, 3.63) is 57.0 Å². The minimum Gasteiger partial charge on any atom is -0.340 e. The van der Waals surface area contributed by atoms with E-state index < -0.39 is 0 Å². The maximum absolute atomic E-state index is 12.7. The number of aromatic amines is 1. The Morgan fingerprint density at radius 1 is 1.00 bits per heavy atom. The molecule has 0 unspecified atom stereocenters. The highest BCUT2D eigenvalue weighted by molar-refractivity contribution is 5.35. The molecule has 0 bridgehead atoms. The Hall–Kier alpha value is -2.18. The third-order valence-corrected chi connectivity index (χ3v) is 5.76. The molecule has 0 atom stereocenters. The summed E-state index contributed by atoms with van der Waals surface area (Å²) in [4.78, 5) is 27.5. The predicted octanol–water partition coefficient (Wildman–Crippen LogP) is 1.43. The molecule has 2 aliphatic rings. The first-order valence-electron chi connectivity index (χ1n) is 9.92. The zero-order valence-electron chi connectivity index (χ0n) is 16.4. The number of aryl methyl sites for hydroxylation is 1. The molecule has 1 saturated heterocycles. The zero-order valence-corrected chi connectivity index (χ0v) is 16.4. The molecule has 0 amide bonds. The van der Waals surface area contributed by atoms with Crippen LogP contribution in [0.4, 0.5) is 5.95 Å². The lowest BCUT2D eigenvalue weighted by molar-refractivity contribution is 0.279. The number of hydrogen-bond donors (Lipinski definition) is 1. The molecule has 0 saturated carbocycles. The van der Waals surface area contributed by atoms with E-state index in [1.54, 1.807) is 0 Å². The highest BCUT2D eigenvalue weighted by atomic mass is 16.1.